The van der Waals surface area contributed by atoms with E-state index in [9.17, 15) is 0 Å². The first-order valence-corrected chi connectivity index (χ1v) is 7.80. The molecule has 3 rings (SSSR count). The van der Waals surface area contributed by atoms with Crippen molar-refractivity contribution in [2.45, 2.75) is 26.3 Å². The van der Waals surface area contributed by atoms with Gasteiger partial charge in [0.1, 0.15) is 11.9 Å². The van der Waals surface area contributed by atoms with Crippen LogP contribution in [0.5, 0.6) is 0 Å². The lowest BCUT2D eigenvalue weighted by molar-refractivity contribution is 0.216. The summed E-state index contributed by atoms with van der Waals surface area (Å²) in [5.41, 5.74) is 0.581. The smallest absolute Gasteiger partial charge is 0.233 e. The largest absolute Gasteiger partial charge is 0.424 e. The fourth-order valence-corrected chi connectivity index (χ4v) is 2.90. The third kappa shape index (κ3) is 3.48. The van der Waals surface area contributed by atoms with Gasteiger partial charge in [0.2, 0.25) is 11.8 Å². The third-order valence-electron chi connectivity index (χ3n) is 4.25. The quantitative estimate of drug-likeness (QED) is 0.904. The van der Waals surface area contributed by atoms with E-state index in [0.717, 1.165) is 26.1 Å². The summed E-state index contributed by atoms with van der Waals surface area (Å²) in [5.74, 6) is 2.44. The minimum absolute atomic E-state index is 0.130. The molecule has 0 aromatic carbocycles. The SMILES string of the molecule is Cc1nnc([C@@H](C)N2CC[C@@H](CNc3ncccc3C#N)C2)o1. The van der Waals surface area contributed by atoms with Gasteiger partial charge in [-0.15, -0.1) is 10.2 Å². The standard InChI is InChI=1S/C16H20N6O/c1-11(16-21-20-12(2)23-16)22-7-5-13(10-22)9-19-15-14(8-17)4-3-6-18-15/h3-4,6,11,13H,5,7,9-10H2,1-2H3,(H,18,19)/t11-,13+/m1/s1. The van der Waals surface area contributed by atoms with Crippen LogP contribution in [-0.4, -0.2) is 39.7 Å². The molecule has 2 aromatic rings. The van der Waals surface area contributed by atoms with Crippen molar-refractivity contribution in [2.24, 2.45) is 5.92 Å². The first-order valence-electron chi connectivity index (χ1n) is 7.80. The number of pyridine rings is 1. The Morgan fingerprint density at radius 1 is 1.52 bits per heavy atom. The highest BCUT2D eigenvalue weighted by atomic mass is 16.4. The molecule has 0 saturated carbocycles. The molecule has 1 aliphatic rings. The maximum absolute atomic E-state index is 9.09. The van der Waals surface area contributed by atoms with Crippen LogP contribution in [-0.2, 0) is 0 Å². The van der Waals surface area contributed by atoms with Crippen LogP contribution in [0.1, 0.15) is 36.7 Å². The fourth-order valence-electron chi connectivity index (χ4n) is 2.90. The summed E-state index contributed by atoms with van der Waals surface area (Å²) in [6, 6.07) is 5.84. The van der Waals surface area contributed by atoms with E-state index < -0.39 is 0 Å². The summed E-state index contributed by atoms with van der Waals surface area (Å²) in [5, 5.41) is 20.4. The molecular weight excluding hydrogens is 292 g/mol. The maximum Gasteiger partial charge on any atom is 0.233 e. The topological polar surface area (TPSA) is 90.9 Å². The maximum atomic E-state index is 9.09. The monoisotopic (exact) mass is 312 g/mol. The van der Waals surface area contributed by atoms with Gasteiger partial charge < -0.3 is 9.73 Å². The molecule has 0 radical (unpaired) electrons. The van der Waals surface area contributed by atoms with E-state index in [1.165, 1.54) is 0 Å². The zero-order valence-electron chi connectivity index (χ0n) is 13.4. The van der Waals surface area contributed by atoms with E-state index in [1.54, 1.807) is 25.3 Å². The lowest BCUT2D eigenvalue weighted by Crippen LogP contribution is -2.26. The van der Waals surface area contributed by atoms with E-state index in [-0.39, 0.29) is 6.04 Å². The highest BCUT2D eigenvalue weighted by Crippen LogP contribution is 2.27. The normalized spacial score (nSPS) is 19.4. The zero-order chi connectivity index (χ0) is 16.2. The Bertz CT molecular complexity index is 707. The van der Waals surface area contributed by atoms with Crippen molar-refractivity contribution in [3.63, 3.8) is 0 Å². The van der Waals surface area contributed by atoms with Crippen molar-refractivity contribution in [3.8, 4) is 6.07 Å². The molecule has 120 valence electrons. The van der Waals surface area contributed by atoms with Gasteiger partial charge in [-0.1, -0.05) is 0 Å². The summed E-state index contributed by atoms with van der Waals surface area (Å²) < 4.78 is 5.53. The minimum atomic E-state index is 0.130. The van der Waals surface area contributed by atoms with Crippen molar-refractivity contribution in [1.82, 2.24) is 20.1 Å². The molecule has 1 fully saturated rings. The molecule has 0 aliphatic carbocycles. The molecule has 23 heavy (non-hydrogen) atoms. The Balaban J connectivity index is 1.55. The van der Waals surface area contributed by atoms with Crippen LogP contribution in [0.4, 0.5) is 5.82 Å². The number of hydrogen-bond acceptors (Lipinski definition) is 7. The summed E-state index contributed by atoms with van der Waals surface area (Å²) >= 11 is 0. The minimum Gasteiger partial charge on any atom is -0.424 e. The molecule has 0 amide bonds. The first-order chi connectivity index (χ1) is 11.2. The molecule has 1 aliphatic heterocycles. The van der Waals surface area contributed by atoms with E-state index in [0.29, 0.717) is 29.1 Å². The lowest BCUT2D eigenvalue weighted by atomic mass is 10.1. The van der Waals surface area contributed by atoms with Gasteiger partial charge in [-0.2, -0.15) is 5.26 Å². The summed E-state index contributed by atoms with van der Waals surface area (Å²) in [7, 11) is 0. The Labute approximate surface area is 135 Å². The number of nitriles is 1. The second-order valence-electron chi connectivity index (χ2n) is 5.88. The van der Waals surface area contributed by atoms with Crippen LogP contribution in [0.3, 0.4) is 0 Å². The fraction of sp³-hybridized carbons (Fsp3) is 0.500. The number of aryl methyl sites for hydroxylation is 1. The molecule has 7 heteroatoms. The van der Waals surface area contributed by atoms with Crippen molar-refractivity contribution in [3.05, 3.63) is 35.7 Å². The van der Waals surface area contributed by atoms with Gasteiger partial charge in [0.25, 0.3) is 0 Å². The lowest BCUT2D eigenvalue weighted by Gasteiger charge is -2.21. The van der Waals surface area contributed by atoms with Crippen molar-refractivity contribution in [1.29, 1.82) is 5.26 Å². The van der Waals surface area contributed by atoms with Gasteiger partial charge in [-0.3, -0.25) is 4.90 Å². The Hall–Kier alpha value is -2.46. The molecule has 2 aromatic heterocycles. The van der Waals surface area contributed by atoms with E-state index in [2.05, 4.69) is 38.4 Å². The summed E-state index contributed by atoms with van der Waals surface area (Å²) in [6.45, 7) is 6.67. The predicted octanol–water partition coefficient (Wildman–Crippen LogP) is 2.14. The number of hydrogen-bond donors (Lipinski definition) is 1. The van der Waals surface area contributed by atoms with E-state index >= 15 is 0 Å². The zero-order valence-corrected chi connectivity index (χ0v) is 13.4. The molecule has 0 bridgehead atoms. The average Bonchev–Trinajstić information content (AvgIpc) is 3.21. The van der Waals surface area contributed by atoms with Gasteiger partial charge in [-0.05, 0) is 37.9 Å². The van der Waals surface area contributed by atoms with Gasteiger partial charge in [-0.25, -0.2) is 4.98 Å². The molecule has 2 atom stereocenters. The second kappa shape index (κ2) is 6.75. The number of nitrogens with one attached hydrogen (secondary N) is 1. The highest BCUT2D eigenvalue weighted by molar-refractivity contribution is 5.51. The number of nitrogens with zero attached hydrogens (tertiary/aromatic N) is 5. The number of rotatable bonds is 5. The van der Waals surface area contributed by atoms with Crippen molar-refractivity contribution in [2.75, 3.05) is 25.0 Å². The number of aromatic nitrogens is 3. The molecule has 7 nitrogen and oxygen atoms in total. The van der Waals surface area contributed by atoms with Crippen LogP contribution in [0.15, 0.2) is 22.7 Å². The van der Waals surface area contributed by atoms with Gasteiger partial charge in [0, 0.05) is 26.2 Å². The predicted molar refractivity (Wildman–Crippen MR) is 84.6 cm³/mol. The number of likely N-dealkylation sites (tertiary alicyclic amines) is 1. The van der Waals surface area contributed by atoms with Crippen LogP contribution in [0.2, 0.25) is 0 Å². The first kappa shape index (κ1) is 15.4. The van der Waals surface area contributed by atoms with E-state index in [4.69, 9.17) is 9.68 Å². The van der Waals surface area contributed by atoms with Gasteiger partial charge in [0.05, 0.1) is 11.6 Å². The van der Waals surface area contributed by atoms with Crippen LogP contribution in [0.25, 0.3) is 0 Å². The van der Waals surface area contributed by atoms with Crippen LogP contribution >= 0.6 is 0 Å². The molecule has 3 heterocycles. The summed E-state index contributed by atoms with van der Waals surface area (Å²) in [4.78, 5) is 6.58. The highest BCUT2D eigenvalue weighted by Gasteiger charge is 2.29. The third-order valence-corrected chi connectivity index (χ3v) is 4.25. The Morgan fingerprint density at radius 2 is 2.39 bits per heavy atom. The Morgan fingerprint density at radius 3 is 3.13 bits per heavy atom. The van der Waals surface area contributed by atoms with Crippen molar-refractivity contribution < 1.29 is 4.42 Å². The molecule has 0 unspecified atom stereocenters. The Kier molecular flexibility index (Phi) is 4.53. The molecule has 0 spiro atoms. The molecule has 1 N–H and O–H groups in total. The summed E-state index contributed by atoms with van der Waals surface area (Å²) in [6.07, 6.45) is 2.79. The number of anilines is 1. The second-order valence-corrected chi connectivity index (χ2v) is 5.88. The van der Waals surface area contributed by atoms with E-state index in [1.807, 2.05) is 0 Å². The van der Waals surface area contributed by atoms with Crippen LogP contribution in [0, 0.1) is 24.2 Å². The molecule has 1 saturated heterocycles. The van der Waals surface area contributed by atoms with Gasteiger partial charge >= 0.3 is 0 Å². The van der Waals surface area contributed by atoms with Crippen LogP contribution < -0.4 is 5.32 Å². The van der Waals surface area contributed by atoms with Crippen molar-refractivity contribution >= 4 is 5.82 Å². The average molecular weight is 312 g/mol. The molecular formula is C16H20N6O. The van der Waals surface area contributed by atoms with Gasteiger partial charge in [0.15, 0.2) is 0 Å².